The predicted molar refractivity (Wildman–Crippen MR) is 36.9 cm³/mol. The van der Waals surface area contributed by atoms with Crippen LogP contribution in [0.4, 0.5) is 0 Å². The topological polar surface area (TPSA) is 17.1 Å². The molecule has 1 nitrogen and oxygen atoms in total. The molecule has 0 amide bonds. The molecule has 0 rings (SSSR count). The molecule has 0 aromatic heterocycles. The molecule has 1 heteroatoms. The minimum Gasteiger partial charge on any atom is -0.303 e. The van der Waals surface area contributed by atoms with Crippen molar-refractivity contribution in [2.24, 2.45) is 5.41 Å². The third kappa shape index (κ3) is 17.3. The second kappa shape index (κ2) is 4.82. The van der Waals surface area contributed by atoms with Crippen LogP contribution in [0, 0.1) is 5.41 Å². The van der Waals surface area contributed by atoms with Crippen LogP contribution in [-0.2, 0) is 4.79 Å². The van der Waals surface area contributed by atoms with Crippen molar-refractivity contribution in [3.05, 3.63) is 0 Å². The lowest BCUT2D eigenvalue weighted by molar-refractivity contribution is -0.113. The molecule has 0 saturated carbocycles. The van der Waals surface area contributed by atoms with E-state index in [1.54, 1.807) is 0 Å². The van der Waals surface area contributed by atoms with Gasteiger partial charge in [0.05, 0.1) is 0 Å². The molecular weight excluding hydrogens is 100 g/mol. The highest BCUT2D eigenvalue weighted by Crippen LogP contribution is 2.05. The monoisotopic (exact) mass is 116 g/mol. The lowest BCUT2D eigenvalue weighted by atomic mass is 10.0. The van der Waals surface area contributed by atoms with Gasteiger partial charge in [-0.05, 0) is 0 Å². The highest BCUT2D eigenvalue weighted by Gasteiger charge is 2.04. The summed E-state index contributed by atoms with van der Waals surface area (Å²) in [6, 6.07) is 0. The maximum Gasteiger partial charge on any atom is 0.125 e. The molecule has 0 aliphatic heterocycles. The fraction of sp³-hybridized carbons (Fsp3) is 0.857. The Morgan fingerprint density at radius 1 is 1.12 bits per heavy atom. The highest BCUT2D eigenvalue weighted by atomic mass is 16.1. The molecule has 0 aliphatic rings. The van der Waals surface area contributed by atoms with E-state index in [4.69, 9.17) is 0 Å². The van der Waals surface area contributed by atoms with Crippen LogP contribution in [0.2, 0.25) is 0 Å². The first-order valence-electron chi connectivity index (χ1n) is 3.02. The summed E-state index contributed by atoms with van der Waals surface area (Å²) in [6.07, 6.45) is 0.938. The van der Waals surface area contributed by atoms with E-state index in [9.17, 15) is 4.79 Å². The Morgan fingerprint density at radius 3 is 1.25 bits per heavy atom. The summed E-state index contributed by atoms with van der Waals surface area (Å²) in [5, 5.41) is 0. The maximum absolute atomic E-state index is 9.83. The first-order chi connectivity index (χ1) is 3.56. The second-order valence-corrected chi connectivity index (χ2v) is 2.48. The average Bonchev–Trinajstić information content (AvgIpc) is 1.71. The van der Waals surface area contributed by atoms with Gasteiger partial charge in [-0.25, -0.2) is 0 Å². The van der Waals surface area contributed by atoms with Gasteiger partial charge in [-0.15, -0.1) is 0 Å². The molecule has 0 aromatic rings. The van der Waals surface area contributed by atoms with Crippen LogP contribution in [0.25, 0.3) is 0 Å². The normalized spacial score (nSPS) is 9.12. The van der Waals surface area contributed by atoms with E-state index in [1.165, 1.54) is 0 Å². The molecule has 0 atom stereocenters. The standard InChI is InChI=1S/C5H10O.C2H6/c1-5(2,3)4-6;1-2/h4H,1-3H3;1-2H3. The minimum atomic E-state index is -0.139. The number of aldehydes is 1. The van der Waals surface area contributed by atoms with Gasteiger partial charge in [-0.2, -0.15) is 0 Å². The first kappa shape index (κ1) is 10.6. The van der Waals surface area contributed by atoms with Gasteiger partial charge in [0, 0.05) is 5.41 Å². The number of rotatable bonds is 0. The van der Waals surface area contributed by atoms with Crippen LogP contribution >= 0.6 is 0 Å². The fourth-order valence-electron chi connectivity index (χ4n) is 0. The smallest absolute Gasteiger partial charge is 0.125 e. The van der Waals surface area contributed by atoms with Gasteiger partial charge in [0.15, 0.2) is 0 Å². The van der Waals surface area contributed by atoms with Gasteiger partial charge in [0.25, 0.3) is 0 Å². The van der Waals surface area contributed by atoms with E-state index in [2.05, 4.69) is 0 Å². The quantitative estimate of drug-likeness (QED) is 0.444. The van der Waals surface area contributed by atoms with E-state index >= 15 is 0 Å². The van der Waals surface area contributed by atoms with Gasteiger partial charge < -0.3 is 4.79 Å². The molecule has 0 saturated heterocycles. The summed E-state index contributed by atoms with van der Waals surface area (Å²) in [5.41, 5.74) is -0.139. The number of carbonyl (C=O) groups excluding carboxylic acids is 1. The van der Waals surface area contributed by atoms with Crippen molar-refractivity contribution >= 4 is 6.29 Å². The van der Waals surface area contributed by atoms with Crippen LogP contribution in [-0.4, -0.2) is 6.29 Å². The summed E-state index contributed by atoms with van der Waals surface area (Å²) < 4.78 is 0. The van der Waals surface area contributed by atoms with Gasteiger partial charge in [0.1, 0.15) is 6.29 Å². The zero-order chi connectivity index (χ0) is 7.21. The summed E-state index contributed by atoms with van der Waals surface area (Å²) in [4.78, 5) is 9.83. The largest absolute Gasteiger partial charge is 0.303 e. The number of carbonyl (C=O) groups is 1. The van der Waals surface area contributed by atoms with Crippen molar-refractivity contribution in [2.45, 2.75) is 34.6 Å². The Kier molecular flexibility index (Phi) is 6.39. The molecule has 0 spiro atoms. The molecular formula is C7H16O. The summed E-state index contributed by atoms with van der Waals surface area (Å²) in [5.74, 6) is 0. The predicted octanol–water partition coefficient (Wildman–Crippen LogP) is 2.26. The third-order valence-corrected chi connectivity index (χ3v) is 0.354. The minimum absolute atomic E-state index is 0.139. The molecule has 0 heterocycles. The van der Waals surface area contributed by atoms with Gasteiger partial charge in [-0.3, -0.25) is 0 Å². The molecule has 0 aromatic carbocycles. The van der Waals surface area contributed by atoms with Crippen molar-refractivity contribution < 1.29 is 4.79 Å². The van der Waals surface area contributed by atoms with Crippen LogP contribution in [0.15, 0.2) is 0 Å². The van der Waals surface area contributed by atoms with E-state index in [0.717, 1.165) is 6.29 Å². The van der Waals surface area contributed by atoms with Gasteiger partial charge >= 0.3 is 0 Å². The first-order valence-corrected chi connectivity index (χ1v) is 3.02. The van der Waals surface area contributed by atoms with E-state index in [-0.39, 0.29) is 5.41 Å². The Morgan fingerprint density at radius 2 is 1.25 bits per heavy atom. The Hall–Kier alpha value is -0.330. The molecule has 0 aliphatic carbocycles. The van der Waals surface area contributed by atoms with Crippen LogP contribution in [0.5, 0.6) is 0 Å². The van der Waals surface area contributed by atoms with Crippen molar-refractivity contribution in [3.8, 4) is 0 Å². The lowest BCUT2D eigenvalue weighted by Crippen LogP contribution is -2.04. The number of hydrogen-bond donors (Lipinski definition) is 0. The number of hydrogen-bond acceptors (Lipinski definition) is 1. The Balaban J connectivity index is 0. The van der Waals surface area contributed by atoms with E-state index in [0.29, 0.717) is 0 Å². The van der Waals surface area contributed by atoms with Crippen LogP contribution < -0.4 is 0 Å². The van der Waals surface area contributed by atoms with Gasteiger partial charge in [-0.1, -0.05) is 34.6 Å². The van der Waals surface area contributed by atoms with Crippen LogP contribution in [0.1, 0.15) is 34.6 Å². The molecule has 0 radical (unpaired) electrons. The zero-order valence-corrected chi connectivity index (χ0v) is 6.49. The molecule has 8 heavy (non-hydrogen) atoms. The van der Waals surface area contributed by atoms with E-state index in [1.807, 2.05) is 34.6 Å². The van der Waals surface area contributed by atoms with Crippen molar-refractivity contribution in [2.75, 3.05) is 0 Å². The van der Waals surface area contributed by atoms with E-state index < -0.39 is 0 Å². The SMILES string of the molecule is CC.CC(C)(C)C=O. The fourth-order valence-corrected chi connectivity index (χ4v) is 0. The average molecular weight is 116 g/mol. The molecule has 50 valence electrons. The highest BCUT2D eigenvalue weighted by molar-refractivity contribution is 5.56. The lowest BCUT2D eigenvalue weighted by Gasteiger charge is -2.03. The zero-order valence-electron chi connectivity index (χ0n) is 6.49. The summed E-state index contributed by atoms with van der Waals surface area (Å²) >= 11 is 0. The van der Waals surface area contributed by atoms with Crippen molar-refractivity contribution in [1.29, 1.82) is 0 Å². The third-order valence-electron chi connectivity index (χ3n) is 0.354. The molecule has 0 unspecified atom stereocenters. The Bertz CT molecular complexity index is 49.9. The van der Waals surface area contributed by atoms with Crippen molar-refractivity contribution in [1.82, 2.24) is 0 Å². The molecule has 0 bridgehead atoms. The maximum atomic E-state index is 9.83. The van der Waals surface area contributed by atoms with Gasteiger partial charge in [0.2, 0.25) is 0 Å². The molecule has 0 fully saturated rings. The molecule has 0 N–H and O–H groups in total. The second-order valence-electron chi connectivity index (χ2n) is 2.48. The summed E-state index contributed by atoms with van der Waals surface area (Å²) in [7, 11) is 0. The van der Waals surface area contributed by atoms with Crippen molar-refractivity contribution in [3.63, 3.8) is 0 Å². The van der Waals surface area contributed by atoms with Crippen LogP contribution in [0.3, 0.4) is 0 Å². The summed E-state index contributed by atoms with van der Waals surface area (Å²) in [6.45, 7) is 9.62. The Labute approximate surface area is 52.1 Å².